The van der Waals surface area contributed by atoms with Crippen LogP contribution in [0.1, 0.15) is 25.3 Å². The summed E-state index contributed by atoms with van der Waals surface area (Å²) in [5.41, 5.74) is 1.04. The van der Waals surface area contributed by atoms with Crippen molar-refractivity contribution in [1.82, 2.24) is 0 Å². The Morgan fingerprint density at radius 2 is 1.81 bits per heavy atom. The summed E-state index contributed by atoms with van der Waals surface area (Å²) in [6.07, 6.45) is 0. The minimum atomic E-state index is -0.280. The van der Waals surface area contributed by atoms with E-state index in [0.29, 0.717) is 0 Å². The second kappa shape index (κ2) is 3.93. The van der Waals surface area contributed by atoms with Crippen LogP contribution in [0.2, 0.25) is 0 Å². The van der Waals surface area contributed by atoms with E-state index in [-0.39, 0.29) is 16.5 Å². The second-order valence-corrected chi connectivity index (χ2v) is 4.14. The zero-order chi connectivity index (χ0) is 11.7. The van der Waals surface area contributed by atoms with E-state index in [1.165, 1.54) is 0 Å². The molecular weight excluding hydrogens is 202 g/mol. The molecule has 3 nitrogen and oxygen atoms in total. The first kappa shape index (κ1) is 10.6. The Labute approximate surface area is 93.9 Å². The molecular formula is C13H13NO2. The van der Waals surface area contributed by atoms with Crippen LogP contribution in [-0.4, -0.2) is 4.92 Å². The minimum Gasteiger partial charge on any atom is -0.258 e. The first-order valence-electron chi connectivity index (χ1n) is 5.27. The van der Waals surface area contributed by atoms with E-state index in [0.717, 1.165) is 16.3 Å². The zero-order valence-electron chi connectivity index (χ0n) is 9.31. The van der Waals surface area contributed by atoms with Crippen LogP contribution in [0.25, 0.3) is 10.8 Å². The van der Waals surface area contributed by atoms with Crippen LogP contribution in [0.4, 0.5) is 5.69 Å². The molecule has 2 aromatic carbocycles. The fourth-order valence-electron chi connectivity index (χ4n) is 1.94. The summed E-state index contributed by atoms with van der Waals surface area (Å²) in [7, 11) is 0. The first-order valence-corrected chi connectivity index (χ1v) is 5.27. The van der Waals surface area contributed by atoms with Crippen LogP contribution in [-0.2, 0) is 0 Å². The SMILES string of the molecule is CC(C)c1ccc2ccccc2c1[N+](=O)[O-]. The van der Waals surface area contributed by atoms with E-state index in [9.17, 15) is 10.1 Å². The molecule has 0 saturated carbocycles. The maximum Gasteiger partial charge on any atom is 0.280 e. The Hall–Kier alpha value is -1.90. The van der Waals surface area contributed by atoms with E-state index in [2.05, 4.69) is 0 Å². The summed E-state index contributed by atoms with van der Waals surface area (Å²) in [5.74, 6) is 0.157. The Kier molecular flexibility index (Phi) is 2.60. The summed E-state index contributed by atoms with van der Waals surface area (Å²) in [5, 5.41) is 12.8. The molecule has 0 aromatic heterocycles. The fraction of sp³-hybridized carbons (Fsp3) is 0.231. The third-order valence-electron chi connectivity index (χ3n) is 2.74. The van der Waals surface area contributed by atoms with Gasteiger partial charge in [0.1, 0.15) is 0 Å². The van der Waals surface area contributed by atoms with Gasteiger partial charge in [-0.05, 0) is 17.4 Å². The summed E-state index contributed by atoms with van der Waals surface area (Å²) < 4.78 is 0. The van der Waals surface area contributed by atoms with Crippen LogP contribution >= 0.6 is 0 Å². The molecule has 82 valence electrons. The largest absolute Gasteiger partial charge is 0.280 e. The number of nitrogens with zero attached hydrogens (tertiary/aromatic N) is 1. The number of hydrogen-bond acceptors (Lipinski definition) is 2. The molecule has 2 rings (SSSR count). The van der Waals surface area contributed by atoms with Crippen LogP contribution < -0.4 is 0 Å². The molecule has 0 saturated heterocycles. The first-order chi connectivity index (χ1) is 7.61. The molecule has 0 radical (unpaired) electrons. The standard InChI is InChI=1S/C13H13NO2/c1-9(2)11-8-7-10-5-3-4-6-12(10)13(11)14(15)16/h3-9H,1-2H3. The molecule has 0 aliphatic rings. The molecule has 0 spiro atoms. The summed E-state index contributed by atoms with van der Waals surface area (Å²) in [4.78, 5) is 10.9. The van der Waals surface area contributed by atoms with Gasteiger partial charge in [-0.2, -0.15) is 0 Å². The van der Waals surface area contributed by atoms with Gasteiger partial charge in [0.25, 0.3) is 5.69 Å². The number of nitro groups is 1. The van der Waals surface area contributed by atoms with Gasteiger partial charge in [0.15, 0.2) is 0 Å². The molecule has 0 aliphatic heterocycles. The van der Waals surface area contributed by atoms with Gasteiger partial charge in [0.05, 0.1) is 10.3 Å². The molecule has 3 heteroatoms. The molecule has 0 bridgehead atoms. The van der Waals surface area contributed by atoms with E-state index in [1.807, 2.05) is 44.2 Å². The fourth-order valence-corrected chi connectivity index (χ4v) is 1.94. The highest BCUT2D eigenvalue weighted by atomic mass is 16.6. The van der Waals surface area contributed by atoms with Crippen LogP contribution in [0.3, 0.4) is 0 Å². The molecule has 0 unspecified atom stereocenters. The lowest BCUT2D eigenvalue weighted by atomic mass is 9.96. The third-order valence-corrected chi connectivity index (χ3v) is 2.74. The molecule has 0 fully saturated rings. The Morgan fingerprint density at radius 1 is 1.12 bits per heavy atom. The Balaban J connectivity index is 2.84. The van der Waals surface area contributed by atoms with Crippen molar-refractivity contribution in [3.63, 3.8) is 0 Å². The number of fused-ring (bicyclic) bond motifs is 1. The maximum atomic E-state index is 11.1. The van der Waals surface area contributed by atoms with Crippen molar-refractivity contribution in [1.29, 1.82) is 0 Å². The highest BCUT2D eigenvalue weighted by molar-refractivity contribution is 5.92. The molecule has 0 aliphatic carbocycles. The Morgan fingerprint density at radius 3 is 2.44 bits per heavy atom. The van der Waals surface area contributed by atoms with E-state index < -0.39 is 0 Å². The molecule has 0 amide bonds. The van der Waals surface area contributed by atoms with Crippen molar-refractivity contribution in [2.24, 2.45) is 0 Å². The van der Waals surface area contributed by atoms with Crippen molar-refractivity contribution in [3.05, 3.63) is 52.1 Å². The van der Waals surface area contributed by atoms with Crippen molar-refractivity contribution >= 4 is 16.5 Å². The molecule has 16 heavy (non-hydrogen) atoms. The summed E-state index contributed by atoms with van der Waals surface area (Å²) in [6.45, 7) is 3.94. The van der Waals surface area contributed by atoms with Crippen LogP contribution in [0, 0.1) is 10.1 Å². The Bertz CT molecular complexity index is 547. The van der Waals surface area contributed by atoms with Gasteiger partial charge < -0.3 is 0 Å². The van der Waals surface area contributed by atoms with E-state index in [1.54, 1.807) is 6.07 Å². The molecule has 0 atom stereocenters. The normalized spacial score (nSPS) is 10.9. The maximum absolute atomic E-state index is 11.1. The van der Waals surface area contributed by atoms with Gasteiger partial charge in [-0.1, -0.05) is 44.2 Å². The van der Waals surface area contributed by atoms with Crippen molar-refractivity contribution < 1.29 is 4.92 Å². The van der Waals surface area contributed by atoms with Gasteiger partial charge in [0.2, 0.25) is 0 Å². The van der Waals surface area contributed by atoms with Gasteiger partial charge in [-0.25, -0.2) is 0 Å². The van der Waals surface area contributed by atoms with Gasteiger partial charge in [-0.3, -0.25) is 10.1 Å². The average Bonchev–Trinajstić information content (AvgIpc) is 2.27. The number of benzene rings is 2. The topological polar surface area (TPSA) is 43.1 Å². The van der Waals surface area contributed by atoms with Crippen molar-refractivity contribution in [2.75, 3.05) is 0 Å². The van der Waals surface area contributed by atoms with Crippen molar-refractivity contribution in [2.45, 2.75) is 19.8 Å². The lowest BCUT2D eigenvalue weighted by Crippen LogP contribution is -1.98. The van der Waals surface area contributed by atoms with Gasteiger partial charge in [-0.15, -0.1) is 0 Å². The lowest BCUT2D eigenvalue weighted by molar-refractivity contribution is -0.383. The lowest BCUT2D eigenvalue weighted by Gasteiger charge is -2.08. The highest BCUT2D eigenvalue weighted by Crippen LogP contribution is 2.33. The minimum absolute atomic E-state index is 0.157. The number of hydrogen-bond donors (Lipinski definition) is 0. The number of nitro benzene ring substituents is 1. The van der Waals surface area contributed by atoms with E-state index in [4.69, 9.17) is 0 Å². The van der Waals surface area contributed by atoms with Crippen molar-refractivity contribution in [3.8, 4) is 0 Å². The number of rotatable bonds is 2. The molecule has 2 aromatic rings. The van der Waals surface area contributed by atoms with Crippen LogP contribution in [0.5, 0.6) is 0 Å². The van der Waals surface area contributed by atoms with Gasteiger partial charge >= 0.3 is 0 Å². The summed E-state index contributed by atoms with van der Waals surface area (Å²) >= 11 is 0. The second-order valence-electron chi connectivity index (χ2n) is 4.14. The third kappa shape index (κ3) is 1.65. The summed E-state index contributed by atoms with van der Waals surface area (Å²) in [6, 6.07) is 11.2. The predicted octanol–water partition coefficient (Wildman–Crippen LogP) is 3.87. The molecule has 0 N–H and O–H groups in total. The monoisotopic (exact) mass is 215 g/mol. The van der Waals surface area contributed by atoms with Gasteiger partial charge in [0, 0.05) is 5.56 Å². The zero-order valence-corrected chi connectivity index (χ0v) is 9.31. The highest BCUT2D eigenvalue weighted by Gasteiger charge is 2.19. The predicted molar refractivity (Wildman–Crippen MR) is 64.7 cm³/mol. The van der Waals surface area contributed by atoms with Crippen LogP contribution in [0.15, 0.2) is 36.4 Å². The average molecular weight is 215 g/mol. The molecule has 0 heterocycles. The quantitative estimate of drug-likeness (QED) is 0.563. The van der Waals surface area contributed by atoms with E-state index >= 15 is 0 Å². The smallest absolute Gasteiger partial charge is 0.258 e.